The van der Waals surface area contributed by atoms with Gasteiger partial charge < -0.3 is 4.57 Å². The van der Waals surface area contributed by atoms with Gasteiger partial charge in [0.25, 0.3) is 0 Å². The van der Waals surface area contributed by atoms with E-state index < -0.39 is 0 Å². The van der Waals surface area contributed by atoms with Crippen LogP contribution in [0.1, 0.15) is 44.5 Å². The fraction of sp³-hybridized carbons (Fsp3) is 0.0615. The third-order valence-electron chi connectivity index (χ3n) is 13.4. The van der Waals surface area contributed by atoms with E-state index in [0.717, 1.165) is 55.2 Å². The minimum absolute atomic E-state index is 0.307. The van der Waals surface area contributed by atoms with Crippen molar-refractivity contribution < 1.29 is 0 Å². The van der Waals surface area contributed by atoms with Gasteiger partial charge in [-0.3, -0.25) is 0 Å². The molecule has 11 aromatic rings. The quantitative estimate of drug-likeness (QED) is 0.148. The second kappa shape index (κ2) is 18.6. The van der Waals surface area contributed by atoms with Crippen molar-refractivity contribution in [1.29, 1.82) is 21.0 Å². The maximum Gasteiger partial charge on any atom is 0.164 e. The Hall–Kier alpha value is -10.3. The zero-order chi connectivity index (χ0) is 50.3. The molecule has 0 N–H and O–H groups in total. The Kier molecular flexibility index (Phi) is 11.5. The Morgan fingerprint density at radius 1 is 0.329 bits per heavy atom. The highest BCUT2D eigenvalue weighted by atomic mass is 15.0. The first-order chi connectivity index (χ1) is 35.6. The normalized spacial score (nSPS) is 11.0. The first-order valence-electron chi connectivity index (χ1n) is 23.8. The van der Waals surface area contributed by atoms with Crippen LogP contribution in [0.2, 0.25) is 0 Å². The lowest BCUT2D eigenvalue weighted by Gasteiger charge is -2.22. The monoisotopic (exact) mass is 934 g/mol. The molecule has 0 aliphatic heterocycles. The molecule has 73 heavy (non-hydrogen) atoms. The van der Waals surface area contributed by atoms with Crippen molar-refractivity contribution in [1.82, 2.24) is 19.5 Å². The first kappa shape index (κ1) is 45.2. The van der Waals surface area contributed by atoms with Gasteiger partial charge in [-0.2, -0.15) is 21.0 Å². The lowest BCUT2D eigenvalue weighted by molar-refractivity contribution is 1.07. The predicted octanol–water partition coefficient (Wildman–Crippen LogP) is 15.4. The largest absolute Gasteiger partial charge is 0.308 e. The zero-order valence-electron chi connectivity index (χ0n) is 40.4. The first-order valence-corrected chi connectivity index (χ1v) is 23.8. The molecule has 2 aromatic heterocycles. The second-order valence-electron chi connectivity index (χ2n) is 18.4. The lowest BCUT2D eigenvalue weighted by atomic mass is 9.90. The SMILES string of the molecule is Cc1ccc(-c2ccc3c(c2)c2cc(-c4ccc(C)cc4C)ccc2n3-c2c(-c3cc(C#N)cc(C#N)c3)cc(-c3nc(-c4ccccc4)nc(-c4ccccc4)n3)cc2-c2cc(C#N)cc(C#N)c2)c(C)c1. The molecule has 8 heteroatoms. The average molecular weight is 935 g/mol. The van der Waals surface area contributed by atoms with Crippen LogP contribution in [0, 0.1) is 73.0 Å². The summed E-state index contributed by atoms with van der Waals surface area (Å²) >= 11 is 0. The van der Waals surface area contributed by atoms with Gasteiger partial charge in [0.1, 0.15) is 0 Å². The van der Waals surface area contributed by atoms with Crippen molar-refractivity contribution in [3.05, 3.63) is 226 Å². The van der Waals surface area contributed by atoms with Crippen molar-refractivity contribution in [2.45, 2.75) is 27.7 Å². The van der Waals surface area contributed by atoms with Crippen molar-refractivity contribution in [3.63, 3.8) is 0 Å². The molecule has 0 spiro atoms. The van der Waals surface area contributed by atoms with Crippen LogP contribution in [-0.4, -0.2) is 19.5 Å². The zero-order valence-corrected chi connectivity index (χ0v) is 40.4. The molecule has 0 unspecified atom stereocenters. The maximum absolute atomic E-state index is 10.5. The summed E-state index contributed by atoms with van der Waals surface area (Å²) in [5, 5.41) is 43.9. The van der Waals surface area contributed by atoms with Gasteiger partial charge in [-0.1, -0.05) is 120 Å². The highest BCUT2D eigenvalue weighted by Gasteiger charge is 2.25. The van der Waals surface area contributed by atoms with Crippen LogP contribution >= 0.6 is 0 Å². The van der Waals surface area contributed by atoms with Crippen LogP contribution in [0.4, 0.5) is 0 Å². The Balaban J connectivity index is 1.31. The molecule has 0 aliphatic carbocycles. The number of hydrogen-bond donors (Lipinski definition) is 0. The Bertz CT molecular complexity index is 3910. The Morgan fingerprint density at radius 2 is 0.712 bits per heavy atom. The van der Waals surface area contributed by atoms with Crippen molar-refractivity contribution in [3.8, 4) is 109 Å². The van der Waals surface area contributed by atoms with E-state index >= 15 is 0 Å². The number of nitrogens with zero attached hydrogens (tertiary/aromatic N) is 8. The number of nitriles is 4. The van der Waals surface area contributed by atoms with Gasteiger partial charge in [0.15, 0.2) is 17.5 Å². The predicted molar refractivity (Wildman–Crippen MR) is 290 cm³/mol. The fourth-order valence-electron chi connectivity index (χ4n) is 10.1. The fourth-order valence-corrected chi connectivity index (χ4v) is 10.1. The Labute approximate surface area is 423 Å². The number of fused-ring (bicyclic) bond motifs is 3. The molecule has 0 saturated carbocycles. The van der Waals surface area contributed by atoms with E-state index in [4.69, 9.17) is 15.0 Å². The third-order valence-corrected chi connectivity index (χ3v) is 13.4. The molecule has 0 saturated heterocycles. The van der Waals surface area contributed by atoms with E-state index in [9.17, 15) is 21.0 Å². The van der Waals surface area contributed by atoms with E-state index in [0.29, 0.717) is 73.2 Å². The van der Waals surface area contributed by atoms with Crippen molar-refractivity contribution in [2.75, 3.05) is 0 Å². The second-order valence-corrected chi connectivity index (χ2v) is 18.4. The van der Waals surface area contributed by atoms with E-state index in [1.54, 1.807) is 36.4 Å². The highest BCUT2D eigenvalue weighted by molar-refractivity contribution is 6.13. The molecule has 342 valence electrons. The van der Waals surface area contributed by atoms with Gasteiger partial charge in [0.2, 0.25) is 0 Å². The van der Waals surface area contributed by atoms with Crippen LogP contribution in [-0.2, 0) is 0 Å². The molecule has 0 fully saturated rings. The average Bonchev–Trinajstić information content (AvgIpc) is 3.75. The standard InChI is InChI=1S/C65H42N8/c1-39-15-19-54(41(3)23-39)49-17-21-60-58(31-49)59-32-50(55-20-16-40(2)24-42(55)4)18-22-61(59)73(60)62-56(51-27-43(35-66)25-44(28-51)36-67)33-53(34-57(62)52-29-45(37-68)26-46(30-52)38-69)65-71-63(47-11-7-5-8-12-47)70-64(72-65)48-13-9-6-10-14-48/h5-34H,1-4H3. The summed E-state index contributed by atoms with van der Waals surface area (Å²) in [6, 6.07) is 69.2. The van der Waals surface area contributed by atoms with Gasteiger partial charge >= 0.3 is 0 Å². The number of benzene rings is 9. The lowest BCUT2D eigenvalue weighted by Crippen LogP contribution is -2.04. The number of aryl methyl sites for hydroxylation is 4. The van der Waals surface area contributed by atoms with Crippen molar-refractivity contribution >= 4 is 21.8 Å². The topological polar surface area (TPSA) is 139 Å². The number of aromatic nitrogens is 4. The van der Waals surface area contributed by atoms with Crippen LogP contribution < -0.4 is 0 Å². The van der Waals surface area contributed by atoms with Crippen LogP contribution in [0.5, 0.6) is 0 Å². The molecule has 2 heterocycles. The molecule has 9 aromatic carbocycles. The minimum atomic E-state index is 0.307. The summed E-state index contributed by atoms with van der Waals surface area (Å²) < 4.78 is 2.24. The summed E-state index contributed by atoms with van der Waals surface area (Å²) in [6.45, 7) is 8.49. The Morgan fingerprint density at radius 3 is 1.08 bits per heavy atom. The highest BCUT2D eigenvalue weighted by Crippen LogP contribution is 2.46. The van der Waals surface area contributed by atoms with Gasteiger partial charge in [0.05, 0.1) is 63.3 Å². The van der Waals surface area contributed by atoms with Crippen molar-refractivity contribution in [2.24, 2.45) is 0 Å². The summed E-state index contributed by atoms with van der Waals surface area (Å²) in [6.07, 6.45) is 0. The molecule has 0 radical (unpaired) electrons. The van der Waals surface area contributed by atoms with Gasteiger partial charge in [0, 0.05) is 38.6 Å². The molecule has 0 aliphatic rings. The molecule has 0 bridgehead atoms. The van der Waals surface area contributed by atoms with Crippen LogP contribution in [0.3, 0.4) is 0 Å². The van der Waals surface area contributed by atoms with E-state index in [-0.39, 0.29) is 0 Å². The number of hydrogen-bond acceptors (Lipinski definition) is 7. The molecule has 8 nitrogen and oxygen atoms in total. The van der Waals surface area contributed by atoms with E-state index in [2.05, 4.69) is 129 Å². The summed E-state index contributed by atoms with van der Waals surface area (Å²) in [7, 11) is 0. The third kappa shape index (κ3) is 8.43. The van der Waals surface area contributed by atoms with Gasteiger partial charge in [-0.25, -0.2) is 15.0 Å². The van der Waals surface area contributed by atoms with Crippen LogP contribution in [0.25, 0.3) is 106 Å². The van der Waals surface area contributed by atoms with Crippen LogP contribution in [0.15, 0.2) is 182 Å². The maximum atomic E-state index is 10.5. The van der Waals surface area contributed by atoms with E-state index in [1.165, 1.54) is 22.3 Å². The molecule has 11 rings (SSSR count). The number of rotatable bonds is 8. The van der Waals surface area contributed by atoms with Gasteiger partial charge in [-0.15, -0.1) is 0 Å². The molecular formula is C65H42N8. The van der Waals surface area contributed by atoms with Gasteiger partial charge in [-0.05, 0) is 145 Å². The summed E-state index contributed by atoms with van der Waals surface area (Å²) in [5.74, 6) is 1.30. The molecule has 0 atom stereocenters. The molecule has 0 amide bonds. The minimum Gasteiger partial charge on any atom is -0.308 e. The molecular weight excluding hydrogens is 893 g/mol. The summed E-state index contributed by atoms with van der Waals surface area (Å²) in [4.78, 5) is 15.3. The van der Waals surface area contributed by atoms with E-state index in [1.807, 2.05) is 72.8 Å². The summed E-state index contributed by atoms with van der Waals surface area (Å²) in [5.41, 5.74) is 17.5. The smallest absolute Gasteiger partial charge is 0.164 e.